The number of hydrogen-bond donors (Lipinski definition) is 3. The van der Waals surface area contributed by atoms with E-state index in [0.717, 1.165) is 0 Å². The van der Waals surface area contributed by atoms with E-state index in [0.29, 0.717) is 53.5 Å². The van der Waals surface area contributed by atoms with Gasteiger partial charge in [0.1, 0.15) is 12.4 Å². The molecular weight excluding hydrogens is 453 g/mol. The van der Waals surface area contributed by atoms with E-state index < -0.39 is 18.0 Å². The maximum absolute atomic E-state index is 15.1. The van der Waals surface area contributed by atoms with Crippen LogP contribution in [0, 0.1) is 0 Å². The number of alkyl halides is 3. The Kier molecular flexibility index (Phi) is 6.82. The number of halogens is 3. The zero-order chi connectivity index (χ0) is 24.3. The number of pyridine rings is 1. The zero-order valence-corrected chi connectivity index (χ0v) is 18.7. The normalized spacial score (nSPS) is 19.8. The van der Waals surface area contributed by atoms with E-state index in [9.17, 15) is 13.6 Å². The Morgan fingerprint density at radius 3 is 2.91 bits per heavy atom. The van der Waals surface area contributed by atoms with Gasteiger partial charge in [-0.25, -0.2) is 4.39 Å². The van der Waals surface area contributed by atoms with Crippen molar-refractivity contribution in [3.8, 4) is 17.0 Å². The molecule has 4 rings (SSSR count). The number of nitrogens with zero attached hydrogens (tertiary/aromatic N) is 1. The number of aromatic nitrogens is 2. The van der Waals surface area contributed by atoms with Crippen LogP contribution in [-0.4, -0.2) is 55.0 Å². The fraction of sp³-hybridized carbons (Fsp3) is 0.391. The van der Waals surface area contributed by atoms with E-state index in [4.69, 9.17) is 9.47 Å². The van der Waals surface area contributed by atoms with Gasteiger partial charge in [-0.2, -0.15) is 8.78 Å². The van der Waals surface area contributed by atoms with Crippen LogP contribution < -0.4 is 15.4 Å². The summed E-state index contributed by atoms with van der Waals surface area (Å²) in [6.07, 6.45) is 6.47. The molecular formula is C23H25F3N4O4. The molecule has 2 aliphatic rings. The fourth-order valence-corrected chi connectivity index (χ4v) is 4.00. The van der Waals surface area contributed by atoms with E-state index in [1.807, 2.05) is 0 Å². The predicted molar refractivity (Wildman–Crippen MR) is 118 cm³/mol. The van der Waals surface area contributed by atoms with Gasteiger partial charge in [-0.3, -0.25) is 9.78 Å². The molecule has 2 aromatic heterocycles. The number of aromatic amines is 1. The topological polar surface area (TPSA) is 97.5 Å². The van der Waals surface area contributed by atoms with Crippen molar-refractivity contribution < 1.29 is 32.2 Å². The van der Waals surface area contributed by atoms with Gasteiger partial charge in [-0.15, -0.1) is 0 Å². The standard InChI is InChI=1S/C23H25F3N4O4/c1-23(26)7-3-4-15(20(23)34-22(24)25)30-19-17-14(6-9-28-21(17)31)29-18(19)13-5-8-27-12-16(13)33-11-10-32-2/h3-5,8,12,22,29-30H,6-7,9-11H2,1-2H3,(H,28,31). The van der Waals surface area contributed by atoms with Gasteiger partial charge in [0.2, 0.25) is 0 Å². The Morgan fingerprint density at radius 2 is 2.15 bits per heavy atom. The van der Waals surface area contributed by atoms with Crippen LogP contribution in [0.5, 0.6) is 5.75 Å². The molecule has 1 aliphatic heterocycles. The van der Waals surface area contributed by atoms with Crippen molar-refractivity contribution in [3.63, 3.8) is 0 Å². The Labute approximate surface area is 194 Å². The van der Waals surface area contributed by atoms with Crippen molar-refractivity contribution in [2.45, 2.75) is 32.0 Å². The van der Waals surface area contributed by atoms with E-state index in [2.05, 4.69) is 25.3 Å². The summed E-state index contributed by atoms with van der Waals surface area (Å²) in [4.78, 5) is 20.1. The Balaban J connectivity index is 1.84. The molecule has 182 valence electrons. The monoisotopic (exact) mass is 478 g/mol. The summed E-state index contributed by atoms with van der Waals surface area (Å²) in [6, 6.07) is 1.70. The number of nitrogens with one attached hydrogen (secondary N) is 3. The van der Waals surface area contributed by atoms with Crippen molar-refractivity contribution in [3.05, 3.63) is 53.3 Å². The minimum atomic E-state index is -3.21. The first-order valence-electron chi connectivity index (χ1n) is 10.7. The molecule has 8 nitrogen and oxygen atoms in total. The van der Waals surface area contributed by atoms with Crippen LogP contribution in [0.15, 0.2) is 42.1 Å². The molecule has 11 heteroatoms. The maximum atomic E-state index is 15.1. The van der Waals surface area contributed by atoms with E-state index >= 15 is 4.39 Å². The van der Waals surface area contributed by atoms with Gasteiger partial charge in [-0.05, 0) is 19.1 Å². The van der Waals surface area contributed by atoms with Crippen LogP contribution in [0.25, 0.3) is 11.3 Å². The fourth-order valence-electron chi connectivity index (χ4n) is 4.00. The summed E-state index contributed by atoms with van der Waals surface area (Å²) in [7, 11) is 1.55. The van der Waals surface area contributed by atoms with E-state index in [1.165, 1.54) is 25.3 Å². The van der Waals surface area contributed by atoms with Crippen LogP contribution in [-0.2, 0) is 15.9 Å². The predicted octanol–water partition coefficient (Wildman–Crippen LogP) is 3.94. The summed E-state index contributed by atoms with van der Waals surface area (Å²) in [5.41, 5.74) is 0.148. The molecule has 0 radical (unpaired) electrons. The minimum absolute atomic E-state index is 0.00567. The van der Waals surface area contributed by atoms with Crippen LogP contribution in [0.3, 0.4) is 0 Å². The number of hydrogen-bond acceptors (Lipinski definition) is 6. The molecule has 0 bridgehead atoms. The van der Waals surface area contributed by atoms with Gasteiger partial charge in [0.25, 0.3) is 5.91 Å². The summed E-state index contributed by atoms with van der Waals surface area (Å²) in [5.74, 6) is -0.454. The van der Waals surface area contributed by atoms with Crippen LogP contribution in [0.1, 0.15) is 29.4 Å². The molecule has 3 heterocycles. The van der Waals surface area contributed by atoms with Crippen LogP contribution in [0.2, 0.25) is 0 Å². The van der Waals surface area contributed by atoms with Crippen LogP contribution in [0.4, 0.5) is 18.9 Å². The van der Waals surface area contributed by atoms with Gasteiger partial charge in [0.05, 0.1) is 35.4 Å². The van der Waals surface area contributed by atoms with Crippen molar-refractivity contribution in [1.29, 1.82) is 0 Å². The number of carbonyl (C=O) groups is 1. The van der Waals surface area contributed by atoms with Gasteiger partial charge in [0.15, 0.2) is 11.4 Å². The highest BCUT2D eigenvalue weighted by molar-refractivity contribution is 6.06. The van der Waals surface area contributed by atoms with Gasteiger partial charge in [-0.1, -0.05) is 6.08 Å². The minimum Gasteiger partial charge on any atom is -0.489 e. The lowest BCUT2D eigenvalue weighted by molar-refractivity contribution is -0.116. The Bertz CT molecular complexity index is 1130. The average molecular weight is 478 g/mol. The van der Waals surface area contributed by atoms with Crippen molar-refractivity contribution in [2.24, 2.45) is 0 Å². The second-order valence-electron chi connectivity index (χ2n) is 8.00. The summed E-state index contributed by atoms with van der Waals surface area (Å²) >= 11 is 0. The number of methoxy groups -OCH3 is 1. The maximum Gasteiger partial charge on any atom is 0.387 e. The number of allylic oxidation sites excluding steroid dienone is 3. The number of ether oxygens (including phenoxy) is 3. The highest BCUT2D eigenvalue weighted by Crippen LogP contribution is 2.41. The van der Waals surface area contributed by atoms with Crippen molar-refractivity contribution in [2.75, 3.05) is 32.2 Å². The Morgan fingerprint density at radius 1 is 1.32 bits per heavy atom. The molecule has 1 atom stereocenters. The number of H-pyrrole nitrogens is 1. The number of fused-ring (bicyclic) bond motifs is 1. The quantitative estimate of drug-likeness (QED) is 0.473. The third-order valence-electron chi connectivity index (χ3n) is 5.53. The highest BCUT2D eigenvalue weighted by Gasteiger charge is 2.37. The van der Waals surface area contributed by atoms with Gasteiger partial charge >= 0.3 is 6.61 Å². The molecule has 0 aromatic carbocycles. The first-order valence-corrected chi connectivity index (χ1v) is 10.7. The van der Waals surface area contributed by atoms with Gasteiger partial charge in [0, 0.05) is 44.0 Å². The second-order valence-corrected chi connectivity index (χ2v) is 8.00. The number of amides is 1. The molecule has 0 fully saturated rings. The molecule has 34 heavy (non-hydrogen) atoms. The lowest BCUT2D eigenvalue weighted by Crippen LogP contribution is -2.32. The third kappa shape index (κ3) is 4.74. The van der Waals surface area contributed by atoms with Gasteiger partial charge < -0.3 is 29.8 Å². The lowest BCUT2D eigenvalue weighted by atomic mass is 9.95. The number of rotatable bonds is 9. The summed E-state index contributed by atoms with van der Waals surface area (Å²) < 4.78 is 56.8. The molecule has 1 aliphatic carbocycles. The van der Waals surface area contributed by atoms with Crippen molar-refractivity contribution >= 4 is 11.6 Å². The second kappa shape index (κ2) is 9.80. The summed E-state index contributed by atoms with van der Waals surface area (Å²) in [6.45, 7) is -0.995. The van der Waals surface area contributed by atoms with E-state index in [-0.39, 0.29) is 24.6 Å². The molecule has 2 aromatic rings. The Hall–Kier alpha value is -3.47. The molecule has 0 spiro atoms. The molecule has 3 N–H and O–H groups in total. The smallest absolute Gasteiger partial charge is 0.387 e. The number of carbonyl (C=O) groups excluding carboxylic acids is 1. The highest BCUT2D eigenvalue weighted by atomic mass is 19.3. The zero-order valence-electron chi connectivity index (χ0n) is 18.7. The number of anilines is 1. The molecule has 1 amide bonds. The molecule has 0 saturated heterocycles. The largest absolute Gasteiger partial charge is 0.489 e. The molecule has 1 unspecified atom stereocenters. The van der Waals surface area contributed by atoms with Crippen LogP contribution >= 0.6 is 0 Å². The SMILES string of the molecule is COCCOc1cnccc1-c1[nH]c2c(c1NC1=C(OC(F)F)C(C)(F)CC=C1)C(=O)NCC2. The van der Waals surface area contributed by atoms with E-state index in [1.54, 1.807) is 19.4 Å². The van der Waals surface area contributed by atoms with Crippen molar-refractivity contribution in [1.82, 2.24) is 15.3 Å². The summed E-state index contributed by atoms with van der Waals surface area (Å²) in [5, 5.41) is 5.77. The first kappa shape index (κ1) is 23.7. The molecule has 0 saturated carbocycles. The third-order valence-corrected chi connectivity index (χ3v) is 5.53. The lowest BCUT2D eigenvalue weighted by Gasteiger charge is -2.28. The average Bonchev–Trinajstić information content (AvgIpc) is 3.16. The first-order chi connectivity index (χ1) is 16.3.